The van der Waals surface area contributed by atoms with Gasteiger partial charge in [0.15, 0.2) is 0 Å². The first-order chi connectivity index (χ1) is 13.7. The zero-order valence-electron chi connectivity index (χ0n) is 18.1. The molecule has 4 nitrogen and oxygen atoms in total. The van der Waals surface area contributed by atoms with E-state index in [9.17, 15) is 4.79 Å². The topological polar surface area (TPSA) is 54.9 Å². The Morgan fingerprint density at radius 1 is 0.786 bits per heavy atom. The second-order valence-corrected chi connectivity index (χ2v) is 8.90. The normalized spacial score (nSPS) is 11.0. The van der Waals surface area contributed by atoms with Crippen LogP contribution in [0.25, 0.3) is 0 Å². The summed E-state index contributed by atoms with van der Waals surface area (Å²) in [6.07, 6.45) is 23.2. The largest absolute Gasteiger partial charge is 0.322 e. The van der Waals surface area contributed by atoms with Crippen LogP contribution in [-0.2, 0) is 4.79 Å². The summed E-state index contributed by atoms with van der Waals surface area (Å²) >= 11 is 3.07. The van der Waals surface area contributed by atoms with Gasteiger partial charge in [0, 0.05) is 6.42 Å². The maximum absolute atomic E-state index is 12.3. The van der Waals surface area contributed by atoms with Crippen molar-refractivity contribution in [2.45, 2.75) is 107 Å². The molecule has 1 heterocycles. The van der Waals surface area contributed by atoms with Gasteiger partial charge in [-0.15, -0.1) is 23.5 Å². The zero-order chi connectivity index (χ0) is 20.5. The average Bonchev–Trinajstić information content (AvgIpc) is 2.71. The number of hydrogen-bond donors (Lipinski definition) is 1. The van der Waals surface area contributed by atoms with Crippen LogP contribution in [0.2, 0.25) is 0 Å². The van der Waals surface area contributed by atoms with Crippen LogP contribution >= 0.6 is 23.5 Å². The fourth-order valence-corrected chi connectivity index (χ4v) is 4.35. The molecule has 160 valence electrons. The van der Waals surface area contributed by atoms with Gasteiger partial charge in [-0.25, -0.2) is 9.97 Å². The van der Waals surface area contributed by atoms with Crippen molar-refractivity contribution in [2.24, 2.45) is 0 Å². The Morgan fingerprint density at radius 3 is 1.64 bits per heavy atom. The Labute approximate surface area is 180 Å². The molecule has 0 saturated heterocycles. The number of aromatic nitrogens is 2. The summed E-state index contributed by atoms with van der Waals surface area (Å²) in [6, 6.07) is 0. The van der Waals surface area contributed by atoms with Crippen LogP contribution in [0.15, 0.2) is 16.4 Å². The molecule has 1 rings (SSSR count). The molecule has 0 atom stereocenters. The van der Waals surface area contributed by atoms with Crippen molar-refractivity contribution in [1.29, 1.82) is 0 Å². The molecule has 0 bridgehead atoms. The number of thioether (sulfide) groups is 2. The standard InChI is InChI=1S/C22H39N3OS2/c1-4-5-6-7-8-9-10-11-12-13-14-15-16-17-19(26)25-20-21(27-2)23-18-24-22(20)28-3/h18H,4-17H2,1-3H3,(H,25,26). The molecule has 0 aliphatic rings. The van der Waals surface area contributed by atoms with Crippen LogP contribution in [-0.4, -0.2) is 28.4 Å². The fourth-order valence-electron chi connectivity index (χ4n) is 3.28. The van der Waals surface area contributed by atoms with E-state index >= 15 is 0 Å². The number of rotatable bonds is 17. The lowest BCUT2D eigenvalue weighted by atomic mass is 10.0. The van der Waals surface area contributed by atoms with Crippen LogP contribution in [0.1, 0.15) is 96.8 Å². The summed E-state index contributed by atoms with van der Waals surface area (Å²) in [4.78, 5) is 20.8. The maximum atomic E-state index is 12.3. The first-order valence-electron chi connectivity index (χ1n) is 11.0. The third-order valence-electron chi connectivity index (χ3n) is 4.94. The van der Waals surface area contributed by atoms with Gasteiger partial charge in [0.1, 0.15) is 22.1 Å². The lowest BCUT2D eigenvalue weighted by Crippen LogP contribution is -2.13. The Kier molecular flexibility index (Phi) is 15.5. The van der Waals surface area contributed by atoms with Crippen LogP contribution in [0.5, 0.6) is 0 Å². The van der Waals surface area contributed by atoms with E-state index in [4.69, 9.17) is 0 Å². The molecule has 0 spiro atoms. The van der Waals surface area contributed by atoms with Crippen molar-refractivity contribution in [3.05, 3.63) is 6.33 Å². The zero-order valence-corrected chi connectivity index (χ0v) is 19.7. The van der Waals surface area contributed by atoms with Crippen molar-refractivity contribution in [3.63, 3.8) is 0 Å². The summed E-state index contributed by atoms with van der Waals surface area (Å²) in [5, 5.41) is 4.68. The molecule has 0 aliphatic heterocycles. The number of anilines is 1. The Morgan fingerprint density at radius 2 is 1.21 bits per heavy atom. The predicted octanol–water partition coefficient (Wildman–Crippen LogP) is 7.34. The van der Waals surface area contributed by atoms with Crippen molar-refractivity contribution < 1.29 is 4.79 Å². The summed E-state index contributed by atoms with van der Waals surface area (Å²) in [5.74, 6) is 0.0727. The summed E-state index contributed by atoms with van der Waals surface area (Å²) in [6.45, 7) is 2.27. The molecular formula is C22H39N3OS2. The van der Waals surface area contributed by atoms with E-state index in [-0.39, 0.29) is 5.91 Å². The predicted molar refractivity (Wildman–Crippen MR) is 125 cm³/mol. The number of unbranched alkanes of at least 4 members (excludes halogenated alkanes) is 12. The third-order valence-corrected chi connectivity index (χ3v) is 6.33. The molecule has 1 aromatic heterocycles. The van der Waals surface area contributed by atoms with Gasteiger partial charge in [0.05, 0.1) is 0 Å². The molecule has 0 aliphatic carbocycles. The van der Waals surface area contributed by atoms with Gasteiger partial charge in [-0.3, -0.25) is 4.79 Å². The average molecular weight is 426 g/mol. The lowest BCUT2D eigenvalue weighted by Gasteiger charge is -2.11. The molecule has 1 amide bonds. The van der Waals surface area contributed by atoms with E-state index in [0.29, 0.717) is 6.42 Å². The van der Waals surface area contributed by atoms with E-state index in [2.05, 4.69) is 22.2 Å². The highest BCUT2D eigenvalue weighted by Gasteiger charge is 2.13. The summed E-state index contributed by atoms with van der Waals surface area (Å²) in [7, 11) is 0. The highest BCUT2D eigenvalue weighted by Crippen LogP contribution is 2.30. The highest BCUT2D eigenvalue weighted by molar-refractivity contribution is 7.99. The van der Waals surface area contributed by atoms with Crippen LogP contribution < -0.4 is 5.32 Å². The van der Waals surface area contributed by atoms with E-state index in [0.717, 1.165) is 28.6 Å². The molecule has 6 heteroatoms. The van der Waals surface area contributed by atoms with E-state index in [1.54, 1.807) is 6.33 Å². The molecular weight excluding hydrogens is 386 g/mol. The second-order valence-electron chi connectivity index (χ2n) is 7.31. The minimum Gasteiger partial charge on any atom is -0.322 e. The monoisotopic (exact) mass is 425 g/mol. The maximum Gasteiger partial charge on any atom is 0.224 e. The van der Waals surface area contributed by atoms with E-state index in [1.165, 1.54) is 94.2 Å². The minimum absolute atomic E-state index is 0.0727. The van der Waals surface area contributed by atoms with Gasteiger partial charge in [0.25, 0.3) is 0 Å². The number of amides is 1. The highest BCUT2D eigenvalue weighted by atomic mass is 32.2. The SMILES string of the molecule is CCCCCCCCCCCCCCCC(=O)Nc1c(SC)ncnc1SC. The van der Waals surface area contributed by atoms with E-state index in [1.807, 2.05) is 12.5 Å². The third kappa shape index (κ3) is 11.3. The van der Waals surface area contributed by atoms with Gasteiger partial charge in [-0.1, -0.05) is 84.0 Å². The Balaban J connectivity index is 2.04. The molecule has 28 heavy (non-hydrogen) atoms. The first kappa shape index (κ1) is 25.3. The smallest absolute Gasteiger partial charge is 0.224 e. The number of hydrogen-bond acceptors (Lipinski definition) is 5. The first-order valence-corrected chi connectivity index (χ1v) is 13.4. The Bertz CT molecular complexity index is 518. The van der Waals surface area contributed by atoms with Crippen molar-refractivity contribution >= 4 is 35.1 Å². The number of carbonyl (C=O) groups is 1. The van der Waals surface area contributed by atoms with Crippen LogP contribution in [0.3, 0.4) is 0 Å². The molecule has 0 fully saturated rings. The van der Waals surface area contributed by atoms with Gasteiger partial charge in [0.2, 0.25) is 5.91 Å². The van der Waals surface area contributed by atoms with Crippen molar-refractivity contribution in [3.8, 4) is 0 Å². The van der Waals surface area contributed by atoms with Gasteiger partial charge >= 0.3 is 0 Å². The molecule has 0 saturated carbocycles. The van der Waals surface area contributed by atoms with Gasteiger partial charge in [-0.05, 0) is 18.9 Å². The van der Waals surface area contributed by atoms with Crippen molar-refractivity contribution in [1.82, 2.24) is 9.97 Å². The number of nitrogens with one attached hydrogen (secondary N) is 1. The van der Waals surface area contributed by atoms with Gasteiger partial charge in [-0.2, -0.15) is 0 Å². The summed E-state index contributed by atoms with van der Waals surface area (Å²) < 4.78 is 0. The fraction of sp³-hybridized carbons (Fsp3) is 0.773. The van der Waals surface area contributed by atoms with Crippen molar-refractivity contribution in [2.75, 3.05) is 17.8 Å². The van der Waals surface area contributed by atoms with E-state index < -0.39 is 0 Å². The summed E-state index contributed by atoms with van der Waals surface area (Å²) in [5.41, 5.74) is 0.766. The lowest BCUT2D eigenvalue weighted by molar-refractivity contribution is -0.116. The minimum atomic E-state index is 0.0727. The molecule has 0 aromatic carbocycles. The number of carbonyl (C=O) groups excluding carboxylic acids is 1. The van der Waals surface area contributed by atoms with Crippen LogP contribution in [0, 0.1) is 0 Å². The molecule has 1 N–H and O–H groups in total. The quantitative estimate of drug-likeness (QED) is 0.161. The van der Waals surface area contributed by atoms with Gasteiger partial charge < -0.3 is 5.32 Å². The molecule has 0 unspecified atom stereocenters. The molecule has 1 aromatic rings. The number of nitrogens with zero attached hydrogens (tertiary/aromatic N) is 2. The van der Waals surface area contributed by atoms with Crippen LogP contribution in [0.4, 0.5) is 5.69 Å². The molecule has 0 radical (unpaired) electrons. The second kappa shape index (κ2) is 17.1. The Hall–Kier alpha value is -0.750.